The molecule has 0 fully saturated rings. The minimum absolute atomic E-state index is 0.318. The maximum absolute atomic E-state index is 13.0. The zero-order valence-corrected chi connectivity index (χ0v) is 18.6. The summed E-state index contributed by atoms with van der Waals surface area (Å²) in [6.07, 6.45) is -3.12. The van der Waals surface area contributed by atoms with Gasteiger partial charge in [-0.3, -0.25) is 4.57 Å². The number of allylic oxidation sites excluding steroid dienone is 1. The van der Waals surface area contributed by atoms with Crippen LogP contribution >= 0.6 is 23.4 Å². The molecule has 1 aromatic heterocycles. The topological polar surface area (TPSA) is 39.9 Å². The van der Waals surface area contributed by atoms with Crippen molar-refractivity contribution in [3.05, 3.63) is 82.7 Å². The molecule has 0 radical (unpaired) electrons. The Morgan fingerprint density at radius 2 is 2.00 bits per heavy atom. The maximum Gasteiger partial charge on any atom is 0.416 e. The Bertz CT molecular complexity index is 1070. The van der Waals surface area contributed by atoms with Crippen molar-refractivity contribution in [2.45, 2.75) is 43.6 Å². The van der Waals surface area contributed by atoms with E-state index in [1.807, 2.05) is 30.5 Å². The van der Waals surface area contributed by atoms with Crippen molar-refractivity contribution in [2.24, 2.45) is 0 Å². The lowest BCUT2D eigenvalue weighted by molar-refractivity contribution is -0.137. The average molecular weight is 468 g/mol. The van der Waals surface area contributed by atoms with Crippen LogP contribution in [0, 0.1) is 6.92 Å². The summed E-state index contributed by atoms with van der Waals surface area (Å²) in [4.78, 5) is 0. The molecule has 1 heterocycles. The first-order valence-electron chi connectivity index (χ1n) is 9.44. The minimum Gasteiger partial charge on any atom is -0.481 e. The van der Waals surface area contributed by atoms with E-state index in [0.717, 1.165) is 17.7 Å². The normalized spacial score (nSPS) is 12.6. The molecule has 0 spiro atoms. The van der Waals surface area contributed by atoms with Gasteiger partial charge in [-0.05, 0) is 43.2 Å². The van der Waals surface area contributed by atoms with E-state index in [1.54, 1.807) is 18.2 Å². The molecule has 0 N–H and O–H groups in total. The van der Waals surface area contributed by atoms with Crippen molar-refractivity contribution in [1.82, 2.24) is 14.8 Å². The third-order valence-corrected chi connectivity index (χ3v) is 5.78. The molecule has 0 saturated carbocycles. The zero-order valence-electron chi connectivity index (χ0n) is 17.0. The number of ether oxygens (including phenoxy) is 1. The summed E-state index contributed by atoms with van der Waals surface area (Å²) in [5.41, 5.74) is 0.887. The first-order chi connectivity index (χ1) is 14.7. The Balaban J connectivity index is 1.79. The maximum atomic E-state index is 13.0. The Kier molecular flexibility index (Phi) is 7.33. The van der Waals surface area contributed by atoms with Gasteiger partial charge in [-0.1, -0.05) is 53.7 Å². The van der Waals surface area contributed by atoms with Gasteiger partial charge in [-0.25, -0.2) is 0 Å². The molecular formula is C22H21ClF3N3OS. The molecule has 9 heteroatoms. The van der Waals surface area contributed by atoms with E-state index >= 15 is 0 Å². The Morgan fingerprint density at radius 3 is 2.71 bits per heavy atom. The number of hydrogen-bond acceptors (Lipinski definition) is 4. The summed E-state index contributed by atoms with van der Waals surface area (Å²) in [5.74, 6) is 1.43. The van der Waals surface area contributed by atoms with Crippen molar-refractivity contribution >= 4 is 23.4 Å². The molecule has 0 aliphatic carbocycles. The predicted molar refractivity (Wildman–Crippen MR) is 116 cm³/mol. The van der Waals surface area contributed by atoms with Crippen molar-refractivity contribution in [3.8, 4) is 5.75 Å². The van der Waals surface area contributed by atoms with E-state index in [4.69, 9.17) is 16.3 Å². The van der Waals surface area contributed by atoms with Gasteiger partial charge < -0.3 is 4.74 Å². The van der Waals surface area contributed by atoms with Gasteiger partial charge in [0, 0.05) is 12.3 Å². The number of aromatic nitrogens is 3. The number of thioether (sulfide) groups is 1. The number of aryl methyl sites for hydroxylation is 1. The third-order valence-electron chi connectivity index (χ3n) is 4.43. The smallest absolute Gasteiger partial charge is 0.416 e. The van der Waals surface area contributed by atoms with Crippen molar-refractivity contribution in [3.63, 3.8) is 0 Å². The van der Waals surface area contributed by atoms with Crippen LogP contribution in [0.5, 0.6) is 5.75 Å². The molecule has 4 nitrogen and oxygen atoms in total. The fourth-order valence-corrected chi connectivity index (χ4v) is 4.00. The van der Waals surface area contributed by atoms with Gasteiger partial charge >= 0.3 is 6.18 Å². The number of benzene rings is 2. The first kappa shape index (κ1) is 23.2. The standard InChI is InChI=1S/C22H21ClF3N3OS/c1-4-10-29-20(15(3)30-19-11-14(2)8-9-18(19)23)27-28-21(29)31-13-16-6-5-7-17(12-16)22(24,25)26/h4-9,11-12,15H,1,10,13H2,2-3H3. The Hall–Kier alpha value is -2.45. The highest BCUT2D eigenvalue weighted by atomic mass is 35.5. The Labute approximate surface area is 188 Å². The molecule has 3 aromatic rings. The molecule has 0 aliphatic rings. The first-order valence-corrected chi connectivity index (χ1v) is 10.8. The second-order valence-electron chi connectivity index (χ2n) is 6.92. The minimum atomic E-state index is -4.37. The van der Waals surface area contributed by atoms with Gasteiger partial charge in [0.2, 0.25) is 0 Å². The van der Waals surface area contributed by atoms with Crippen molar-refractivity contribution < 1.29 is 17.9 Å². The lowest BCUT2D eigenvalue weighted by atomic mass is 10.1. The van der Waals surface area contributed by atoms with Crippen LogP contribution in [0.2, 0.25) is 5.02 Å². The summed E-state index contributed by atoms with van der Waals surface area (Å²) in [7, 11) is 0. The van der Waals surface area contributed by atoms with E-state index in [9.17, 15) is 13.2 Å². The molecule has 2 aromatic carbocycles. The zero-order chi connectivity index (χ0) is 22.6. The average Bonchev–Trinajstić information content (AvgIpc) is 3.12. The highest BCUT2D eigenvalue weighted by Gasteiger charge is 2.30. The highest BCUT2D eigenvalue weighted by molar-refractivity contribution is 7.98. The van der Waals surface area contributed by atoms with Crippen LogP contribution in [0.15, 0.2) is 60.3 Å². The quantitative estimate of drug-likeness (QED) is 0.267. The van der Waals surface area contributed by atoms with Gasteiger partial charge in [-0.15, -0.1) is 16.8 Å². The van der Waals surface area contributed by atoms with Crippen molar-refractivity contribution in [2.75, 3.05) is 0 Å². The second kappa shape index (κ2) is 9.78. The van der Waals surface area contributed by atoms with E-state index in [2.05, 4.69) is 16.8 Å². The second-order valence-corrected chi connectivity index (χ2v) is 8.27. The third kappa shape index (κ3) is 5.83. The molecule has 31 heavy (non-hydrogen) atoms. The van der Waals surface area contributed by atoms with Crippen LogP contribution in [-0.4, -0.2) is 14.8 Å². The predicted octanol–water partition coefficient (Wildman–Crippen LogP) is 6.88. The number of halogens is 4. The monoisotopic (exact) mass is 467 g/mol. The van der Waals surface area contributed by atoms with Gasteiger partial charge in [-0.2, -0.15) is 13.2 Å². The fourth-order valence-electron chi connectivity index (χ4n) is 2.94. The van der Waals surface area contributed by atoms with Crippen LogP contribution in [0.25, 0.3) is 0 Å². The van der Waals surface area contributed by atoms with E-state index < -0.39 is 17.8 Å². The van der Waals surface area contributed by atoms with Gasteiger partial charge in [0.15, 0.2) is 17.1 Å². The summed E-state index contributed by atoms with van der Waals surface area (Å²) in [6, 6.07) is 10.8. The van der Waals surface area contributed by atoms with E-state index in [-0.39, 0.29) is 0 Å². The van der Waals surface area contributed by atoms with Crippen LogP contribution < -0.4 is 4.74 Å². The van der Waals surface area contributed by atoms with Crippen LogP contribution in [0.1, 0.15) is 35.5 Å². The van der Waals surface area contributed by atoms with Gasteiger partial charge in [0.1, 0.15) is 5.75 Å². The van der Waals surface area contributed by atoms with Gasteiger partial charge in [0.05, 0.1) is 10.6 Å². The number of rotatable bonds is 8. The van der Waals surface area contributed by atoms with Crippen molar-refractivity contribution in [1.29, 1.82) is 0 Å². The number of hydrogen-bond donors (Lipinski definition) is 0. The fraction of sp³-hybridized carbons (Fsp3) is 0.273. The van der Waals surface area contributed by atoms with E-state index in [1.165, 1.54) is 17.8 Å². The summed E-state index contributed by atoms with van der Waals surface area (Å²) in [5, 5.41) is 9.52. The molecule has 0 aliphatic heterocycles. The Morgan fingerprint density at radius 1 is 1.23 bits per heavy atom. The molecular weight excluding hydrogens is 447 g/mol. The SMILES string of the molecule is C=CCn1c(SCc2cccc(C(F)(F)F)c2)nnc1C(C)Oc1cc(C)ccc1Cl. The van der Waals surface area contributed by atoms with Gasteiger partial charge in [0.25, 0.3) is 0 Å². The molecule has 1 atom stereocenters. The summed E-state index contributed by atoms with van der Waals surface area (Å²) in [6.45, 7) is 7.98. The molecule has 0 amide bonds. The summed E-state index contributed by atoms with van der Waals surface area (Å²) < 4.78 is 46.7. The van der Waals surface area contributed by atoms with Crippen LogP contribution in [0.4, 0.5) is 13.2 Å². The molecule has 164 valence electrons. The number of nitrogens with zero attached hydrogens (tertiary/aromatic N) is 3. The molecule has 0 saturated heterocycles. The lowest BCUT2D eigenvalue weighted by Crippen LogP contribution is -2.12. The molecule has 3 rings (SSSR count). The summed E-state index contributed by atoms with van der Waals surface area (Å²) >= 11 is 7.53. The van der Waals surface area contributed by atoms with Crippen LogP contribution in [0.3, 0.4) is 0 Å². The molecule has 1 unspecified atom stereocenters. The number of alkyl halides is 3. The van der Waals surface area contributed by atoms with E-state index in [0.29, 0.717) is 39.6 Å². The largest absolute Gasteiger partial charge is 0.481 e. The highest BCUT2D eigenvalue weighted by Crippen LogP contribution is 2.33. The molecule has 0 bridgehead atoms. The van der Waals surface area contributed by atoms with Crippen LogP contribution in [-0.2, 0) is 18.5 Å². The lowest BCUT2D eigenvalue weighted by Gasteiger charge is -2.17.